The molecule has 0 unspecified atom stereocenters. The fourth-order valence-electron chi connectivity index (χ4n) is 2.57. The number of anilines is 1. The van der Waals surface area contributed by atoms with Gasteiger partial charge in [0.15, 0.2) is 0 Å². The highest BCUT2D eigenvalue weighted by molar-refractivity contribution is 6.10. The van der Waals surface area contributed by atoms with Crippen molar-refractivity contribution >= 4 is 23.6 Å². The Morgan fingerprint density at radius 2 is 1.67 bits per heavy atom. The van der Waals surface area contributed by atoms with Gasteiger partial charge in [0, 0.05) is 0 Å². The third-order valence-corrected chi connectivity index (χ3v) is 4.21. The van der Waals surface area contributed by atoms with Crippen LogP contribution in [0.5, 0.6) is 11.5 Å². The summed E-state index contributed by atoms with van der Waals surface area (Å²) >= 11 is 0. The molecule has 0 saturated heterocycles. The van der Waals surface area contributed by atoms with E-state index in [0.717, 1.165) is 5.56 Å². The molecule has 0 aromatic heterocycles. The average Bonchev–Trinajstić information content (AvgIpc) is 2.75. The average molecular weight is 398 g/mol. The van der Waals surface area contributed by atoms with E-state index in [4.69, 9.17) is 4.74 Å². The van der Waals surface area contributed by atoms with Crippen LogP contribution in [0.1, 0.15) is 21.5 Å². The molecular formula is C24H18N2O4. The minimum absolute atomic E-state index is 0.0946. The number of esters is 1. The molecule has 0 aliphatic carbocycles. The first-order valence-electron chi connectivity index (χ1n) is 9.06. The third-order valence-electron chi connectivity index (χ3n) is 4.21. The van der Waals surface area contributed by atoms with E-state index in [1.807, 2.05) is 25.1 Å². The summed E-state index contributed by atoms with van der Waals surface area (Å²) in [5, 5.41) is 21.5. The van der Waals surface area contributed by atoms with Crippen LogP contribution >= 0.6 is 0 Å². The van der Waals surface area contributed by atoms with E-state index in [1.54, 1.807) is 48.5 Å². The largest absolute Gasteiger partial charge is 0.506 e. The van der Waals surface area contributed by atoms with E-state index < -0.39 is 11.9 Å². The Labute approximate surface area is 173 Å². The molecule has 6 nitrogen and oxygen atoms in total. The Kier molecular flexibility index (Phi) is 6.26. The molecule has 0 bridgehead atoms. The molecule has 3 aromatic carbocycles. The lowest BCUT2D eigenvalue weighted by molar-refractivity contribution is -0.112. The molecule has 1 amide bonds. The van der Waals surface area contributed by atoms with Gasteiger partial charge in [0.1, 0.15) is 23.1 Å². The van der Waals surface area contributed by atoms with Gasteiger partial charge in [0.05, 0.1) is 11.3 Å². The molecule has 0 fully saturated rings. The number of hydrogen-bond acceptors (Lipinski definition) is 5. The number of amides is 1. The monoisotopic (exact) mass is 398 g/mol. The van der Waals surface area contributed by atoms with Crippen molar-refractivity contribution in [2.24, 2.45) is 0 Å². The van der Waals surface area contributed by atoms with Gasteiger partial charge in [-0.3, -0.25) is 4.79 Å². The van der Waals surface area contributed by atoms with E-state index in [0.29, 0.717) is 16.9 Å². The standard InChI is InChI=1S/C24H18N2O4/c1-16-6-10-18(11-7-16)24(29)30-20-12-8-17(9-13-20)14-19(15-25)23(28)26-21-4-2-3-5-22(21)27/h2-14,27H,1H3,(H,26,28). The highest BCUT2D eigenvalue weighted by Crippen LogP contribution is 2.22. The van der Waals surface area contributed by atoms with Crippen LogP contribution in [0.3, 0.4) is 0 Å². The maximum absolute atomic E-state index is 12.3. The van der Waals surface area contributed by atoms with Crippen molar-refractivity contribution in [1.82, 2.24) is 0 Å². The summed E-state index contributed by atoms with van der Waals surface area (Å²) in [6, 6.07) is 21.5. The molecule has 3 rings (SSSR count). The number of para-hydroxylation sites is 2. The van der Waals surface area contributed by atoms with Crippen LogP contribution in [-0.2, 0) is 4.79 Å². The van der Waals surface area contributed by atoms with Gasteiger partial charge in [-0.05, 0) is 55.0 Å². The number of benzene rings is 3. The van der Waals surface area contributed by atoms with Gasteiger partial charge >= 0.3 is 5.97 Å². The Balaban J connectivity index is 1.69. The first-order chi connectivity index (χ1) is 14.5. The first-order valence-corrected chi connectivity index (χ1v) is 9.06. The molecule has 0 radical (unpaired) electrons. The third kappa shape index (κ3) is 5.12. The highest BCUT2D eigenvalue weighted by atomic mass is 16.5. The predicted octanol–water partition coefficient (Wildman–Crippen LogP) is 4.47. The zero-order valence-electron chi connectivity index (χ0n) is 16.1. The van der Waals surface area contributed by atoms with Crippen LogP contribution in [0.25, 0.3) is 6.08 Å². The Hall–Kier alpha value is -4.37. The number of carbonyl (C=O) groups excluding carboxylic acids is 2. The molecule has 0 spiro atoms. The summed E-state index contributed by atoms with van der Waals surface area (Å²) in [6.45, 7) is 1.93. The molecule has 0 heterocycles. The number of nitrogens with zero attached hydrogens (tertiary/aromatic N) is 1. The van der Waals surface area contributed by atoms with Crippen molar-refractivity contribution < 1.29 is 19.4 Å². The van der Waals surface area contributed by atoms with E-state index in [9.17, 15) is 20.0 Å². The van der Waals surface area contributed by atoms with Crippen molar-refractivity contribution in [2.45, 2.75) is 6.92 Å². The van der Waals surface area contributed by atoms with Gasteiger partial charge in [0.25, 0.3) is 5.91 Å². The van der Waals surface area contributed by atoms with E-state index in [2.05, 4.69) is 5.32 Å². The van der Waals surface area contributed by atoms with Crippen molar-refractivity contribution in [3.8, 4) is 17.6 Å². The SMILES string of the molecule is Cc1ccc(C(=O)Oc2ccc(C=C(C#N)C(=O)Nc3ccccc3O)cc2)cc1. The summed E-state index contributed by atoms with van der Waals surface area (Å²) < 4.78 is 5.33. The quantitative estimate of drug-likeness (QED) is 0.217. The number of hydrogen-bond donors (Lipinski definition) is 2. The van der Waals surface area contributed by atoms with Crippen LogP contribution in [0, 0.1) is 18.3 Å². The minimum Gasteiger partial charge on any atom is -0.506 e. The summed E-state index contributed by atoms with van der Waals surface area (Å²) in [4.78, 5) is 24.5. The second kappa shape index (κ2) is 9.22. The van der Waals surface area contributed by atoms with Gasteiger partial charge in [0.2, 0.25) is 0 Å². The molecule has 30 heavy (non-hydrogen) atoms. The fourth-order valence-corrected chi connectivity index (χ4v) is 2.57. The summed E-state index contributed by atoms with van der Waals surface area (Å²) in [7, 11) is 0. The van der Waals surface area contributed by atoms with Gasteiger partial charge in [-0.15, -0.1) is 0 Å². The van der Waals surface area contributed by atoms with Crippen LogP contribution in [0.15, 0.2) is 78.4 Å². The number of aryl methyl sites for hydroxylation is 1. The molecule has 0 aliphatic heterocycles. The van der Waals surface area contributed by atoms with E-state index in [1.165, 1.54) is 18.2 Å². The number of nitriles is 1. The van der Waals surface area contributed by atoms with Gasteiger partial charge in [-0.1, -0.05) is 42.0 Å². The molecule has 6 heteroatoms. The van der Waals surface area contributed by atoms with Gasteiger partial charge in [-0.25, -0.2) is 4.79 Å². The number of carbonyl (C=O) groups is 2. The Bertz CT molecular complexity index is 1140. The summed E-state index contributed by atoms with van der Waals surface area (Å²) in [6.07, 6.45) is 1.40. The van der Waals surface area contributed by atoms with Gasteiger partial charge in [-0.2, -0.15) is 5.26 Å². The number of rotatable bonds is 5. The molecule has 148 valence electrons. The normalized spacial score (nSPS) is 10.7. The Morgan fingerprint density at radius 3 is 2.30 bits per heavy atom. The second-order valence-electron chi connectivity index (χ2n) is 6.47. The predicted molar refractivity (Wildman–Crippen MR) is 113 cm³/mol. The molecule has 0 atom stereocenters. The maximum Gasteiger partial charge on any atom is 0.343 e. The zero-order valence-corrected chi connectivity index (χ0v) is 16.1. The summed E-state index contributed by atoms with van der Waals surface area (Å²) in [5.41, 5.74) is 2.14. The lowest BCUT2D eigenvalue weighted by Gasteiger charge is -2.07. The highest BCUT2D eigenvalue weighted by Gasteiger charge is 2.12. The van der Waals surface area contributed by atoms with Gasteiger partial charge < -0.3 is 15.2 Å². The lowest BCUT2D eigenvalue weighted by atomic mass is 10.1. The van der Waals surface area contributed by atoms with Crippen molar-refractivity contribution in [1.29, 1.82) is 5.26 Å². The van der Waals surface area contributed by atoms with Crippen LogP contribution in [0.2, 0.25) is 0 Å². The zero-order chi connectivity index (χ0) is 21.5. The second-order valence-corrected chi connectivity index (χ2v) is 6.47. The Morgan fingerprint density at radius 1 is 1.00 bits per heavy atom. The molecule has 0 aliphatic rings. The van der Waals surface area contributed by atoms with E-state index in [-0.39, 0.29) is 17.0 Å². The summed E-state index contributed by atoms with van der Waals surface area (Å²) in [5.74, 6) is -0.871. The molecule has 2 N–H and O–H groups in total. The number of phenols is 1. The van der Waals surface area contributed by atoms with Crippen molar-refractivity contribution in [3.63, 3.8) is 0 Å². The smallest absolute Gasteiger partial charge is 0.343 e. The molecular weight excluding hydrogens is 380 g/mol. The maximum atomic E-state index is 12.3. The number of ether oxygens (including phenoxy) is 1. The van der Waals surface area contributed by atoms with Crippen molar-refractivity contribution in [3.05, 3.63) is 95.1 Å². The number of phenolic OH excluding ortho intramolecular Hbond substituents is 1. The minimum atomic E-state index is -0.645. The molecule has 0 saturated carbocycles. The van der Waals surface area contributed by atoms with Crippen LogP contribution in [-0.4, -0.2) is 17.0 Å². The molecule has 3 aromatic rings. The lowest BCUT2D eigenvalue weighted by Crippen LogP contribution is -2.13. The van der Waals surface area contributed by atoms with Crippen molar-refractivity contribution in [2.75, 3.05) is 5.32 Å². The first kappa shape index (κ1) is 20.4. The topological polar surface area (TPSA) is 99.4 Å². The van der Waals surface area contributed by atoms with Crippen LogP contribution in [0.4, 0.5) is 5.69 Å². The van der Waals surface area contributed by atoms with Crippen LogP contribution < -0.4 is 10.1 Å². The number of aromatic hydroxyl groups is 1. The number of nitrogens with one attached hydrogen (secondary N) is 1. The fraction of sp³-hybridized carbons (Fsp3) is 0.0417. The van der Waals surface area contributed by atoms with E-state index >= 15 is 0 Å².